The van der Waals surface area contributed by atoms with Crippen molar-refractivity contribution in [1.82, 2.24) is 4.98 Å². The lowest BCUT2D eigenvalue weighted by atomic mass is 10.3. The van der Waals surface area contributed by atoms with Crippen LogP contribution in [0.4, 0.5) is 0 Å². The minimum absolute atomic E-state index is 0.0301. The third-order valence-corrected chi connectivity index (χ3v) is 2.76. The first kappa shape index (κ1) is 12.2. The zero-order valence-electron chi connectivity index (χ0n) is 10.4. The topological polar surface area (TPSA) is 72.6 Å². The Morgan fingerprint density at radius 2 is 1.80 bits per heavy atom. The van der Waals surface area contributed by atoms with E-state index in [0.717, 1.165) is 0 Å². The van der Waals surface area contributed by atoms with Crippen LogP contribution >= 0.6 is 0 Å². The number of nitrogens with zero attached hydrogens (tertiary/aromatic N) is 1. The summed E-state index contributed by atoms with van der Waals surface area (Å²) in [7, 11) is 0. The van der Waals surface area contributed by atoms with Crippen LogP contribution in [-0.4, -0.2) is 16.1 Å². The van der Waals surface area contributed by atoms with E-state index >= 15 is 0 Å². The van der Waals surface area contributed by atoms with Crippen molar-refractivity contribution in [2.24, 2.45) is 0 Å². The van der Waals surface area contributed by atoms with E-state index < -0.39 is 12.1 Å². The third-order valence-electron chi connectivity index (χ3n) is 2.76. The number of aromatic nitrogens is 1. The average molecular weight is 269 g/mol. The molecule has 1 atom stereocenters. The van der Waals surface area contributed by atoms with E-state index in [4.69, 9.17) is 9.15 Å². The lowest BCUT2D eigenvalue weighted by Crippen LogP contribution is -2.18. The molecular weight excluding hydrogens is 258 g/mol. The lowest BCUT2D eigenvalue weighted by Gasteiger charge is -2.11. The van der Waals surface area contributed by atoms with Crippen LogP contribution in [0.1, 0.15) is 12.0 Å². The molecule has 20 heavy (non-hydrogen) atoms. The first-order chi connectivity index (χ1) is 9.74. The Morgan fingerprint density at radius 3 is 2.50 bits per heavy atom. The van der Waals surface area contributed by atoms with E-state index in [1.165, 1.54) is 0 Å². The van der Waals surface area contributed by atoms with Crippen LogP contribution < -0.4 is 4.74 Å². The van der Waals surface area contributed by atoms with Crippen molar-refractivity contribution in [2.75, 3.05) is 0 Å². The second kappa shape index (κ2) is 5.05. The van der Waals surface area contributed by atoms with Crippen LogP contribution in [0.15, 0.2) is 59.0 Å². The Balaban J connectivity index is 1.96. The minimum atomic E-state index is -1.27. The zero-order chi connectivity index (χ0) is 13.9. The standard InChI is InChI=1S/C15H11NO4/c17-15(18)13(19-10-6-2-1-3-7-10)14-16-11-8-4-5-9-12(11)20-14/h1-9,13H,(H,17,18). The predicted octanol–water partition coefficient (Wildman–Crippen LogP) is 3.03. The van der Waals surface area contributed by atoms with Crippen LogP contribution in [0.25, 0.3) is 11.1 Å². The summed E-state index contributed by atoms with van der Waals surface area (Å²) in [4.78, 5) is 15.5. The van der Waals surface area contributed by atoms with Gasteiger partial charge in [0.2, 0.25) is 5.89 Å². The summed E-state index contributed by atoms with van der Waals surface area (Å²) in [6.45, 7) is 0. The number of aliphatic carboxylic acids is 1. The Bertz CT molecular complexity index is 703. The molecule has 0 fully saturated rings. The Kier molecular flexibility index (Phi) is 3.09. The number of carbonyl (C=O) groups is 1. The highest BCUT2D eigenvalue weighted by Gasteiger charge is 2.27. The van der Waals surface area contributed by atoms with Gasteiger partial charge in [-0.05, 0) is 24.3 Å². The fraction of sp³-hybridized carbons (Fsp3) is 0.0667. The molecule has 1 heterocycles. The summed E-state index contributed by atoms with van der Waals surface area (Å²) < 4.78 is 10.9. The smallest absolute Gasteiger partial charge is 0.354 e. The molecule has 5 nitrogen and oxygen atoms in total. The van der Waals surface area contributed by atoms with Gasteiger partial charge in [0.15, 0.2) is 5.58 Å². The van der Waals surface area contributed by atoms with Gasteiger partial charge in [-0.2, -0.15) is 0 Å². The van der Waals surface area contributed by atoms with E-state index in [2.05, 4.69) is 4.98 Å². The molecule has 0 aliphatic carbocycles. The minimum Gasteiger partial charge on any atom is -0.478 e. The van der Waals surface area contributed by atoms with Crippen LogP contribution in [-0.2, 0) is 4.79 Å². The van der Waals surface area contributed by atoms with Gasteiger partial charge in [-0.1, -0.05) is 30.3 Å². The van der Waals surface area contributed by atoms with Crippen LogP contribution in [0.3, 0.4) is 0 Å². The van der Waals surface area contributed by atoms with Crippen LogP contribution in [0.5, 0.6) is 5.75 Å². The van der Waals surface area contributed by atoms with Gasteiger partial charge in [-0.25, -0.2) is 9.78 Å². The highest BCUT2D eigenvalue weighted by atomic mass is 16.5. The number of fused-ring (bicyclic) bond motifs is 1. The number of ether oxygens (including phenoxy) is 1. The normalized spacial score (nSPS) is 12.2. The molecule has 0 aliphatic rings. The SMILES string of the molecule is O=C(O)C(Oc1ccccc1)c1nc2ccccc2o1. The highest BCUT2D eigenvalue weighted by Crippen LogP contribution is 2.25. The number of rotatable bonds is 4. The van der Waals surface area contributed by atoms with Gasteiger partial charge in [0.05, 0.1) is 0 Å². The average Bonchev–Trinajstić information content (AvgIpc) is 2.89. The number of para-hydroxylation sites is 3. The summed E-state index contributed by atoms with van der Waals surface area (Å²) in [6, 6.07) is 15.8. The molecule has 2 aromatic carbocycles. The van der Waals surface area contributed by atoms with Gasteiger partial charge in [0, 0.05) is 0 Å². The second-order valence-corrected chi connectivity index (χ2v) is 4.17. The van der Waals surface area contributed by atoms with Crippen molar-refractivity contribution in [1.29, 1.82) is 0 Å². The molecule has 0 amide bonds. The quantitative estimate of drug-likeness (QED) is 0.788. The number of carboxylic acid groups (broad SMARTS) is 1. The third kappa shape index (κ3) is 2.33. The molecule has 5 heteroatoms. The molecule has 3 rings (SSSR count). The van der Waals surface area contributed by atoms with E-state index in [9.17, 15) is 9.90 Å². The van der Waals surface area contributed by atoms with Crippen molar-refractivity contribution in [2.45, 2.75) is 6.10 Å². The van der Waals surface area contributed by atoms with E-state index in [1.54, 1.807) is 42.5 Å². The van der Waals surface area contributed by atoms with Crippen LogP contribution in [0, 0.1) is 0 Å². The van der Waals surface area contributed by atoms with Gasteiger partial charge in [0.1, 0.15) is 11.3 Å². The van der Waals surface area contributed by atoms with E-state index in [-0.39, 0.29) is 5.89 Å². The zero-order valence-corrected chi connectivity index (χ0v) is 10.4. The molecule has 1 N–H and O–H groups in total. The molecule has 0 bridgehead atoms. The molecule has 0 radical (unpaired) electrons. The summed E-state index contributed by atoms with van der Waals surface area (Å²) in [5.41, 5.74) is 1.14. The second-order valence-electron chi connectivity index (χ2n) is 4.17. The number of carboxylic acids is 1. The fourth-order valence-electron chi connectivity index (χ4n) is 1.84. The summed E-state index contributed by atoms with van der Waals surface area (Å²) in [5.74, 6) is -0.676. The van der Waals surface area contributed by atoms with Crippen molar-refractivity contribution in [3.8, 4) is 5.75 Å². The van der Waals surface area contributed by atoms with Crippen molar-refractivity contribution in [3.63, 3.8) is 0 Å². The van der Waals surface area contributed by atoms with Gasteiger partial charge < -0.3 is 14.3 Å². The summed E-state index contributed by atoms with van der Waals surface area (Å²) in [5, 5.41) is 9.29. The molecule has 0 spiro atoms. The first-order valence-corrected chi connectivity index (χ1v) is 6.04. The van der Waals surface area contributed by atoms with Gasteiger partial charge in [0.25, 0.3) is 6.10 Å². The first-order valence-electron chi connectivity index (χ1n) is 6.04. The van der Waals surface area contributed by atoms with Crippen LogP contribution in [0.2, 0.25) is 0 Å². The van der Waals surface area contributed by atoms with Crippen molar-refractivity contribution in [3.05, 3.63) is 60.5 Å². The lowest BCUT2D eigenvalue weighted by molar-refractivity contribution is -0.146. The molecule has 0 aliphatic heterocycles. The number of hydrogen-bond donors (Lipinski definition) is 1. The summed E-state index contributed by atoms with van der Waals surface area (Å²) >= 11 is 0. The van der Waals surface area contributed by atoms with Gasteiger partial charge in [-0.3, -0.25) is 0 Å². The van der Waals surface area contributed by atoms with Gasteiger partial charge in [-0.15, -0.1) is 0 Å². The monoisotopic (exact) mass is 269 g/mol. The number of benzene rings is 2. The molecule has 1 unspecified atom stereocenters. The molecular formula is C15H11NO4. The van der Waals surface area contributed by atoms with E-state index in [0.29, 0.717) is 16.8 Å². The fourth-order valence-corrected chi connectivity index (χ4v) is 1.84. The van der Waals surface area contributed by atoms with Crippen molar-refractivity contribution < 1.29 is 19.1 Å². The predicted molar refractivity (Wildman–Crippen MR) is 71.5 cm³/mol. The highest BCUT2D eigenvalue weighted by molar-refractivity contribution is 5.77. The Labute approximate surface area is 114 Å². The molecule has 1 aromatic heterocycles. The maximum absolute atomic E-state index is 11.4. The molecule has 0 saturated carbocycles. The van der Waals surface area contributed by atoms with Gasteiger partial charge >= 0.3 is 5.97 Å². The number of oxazole rings is 1. The maximum atomic E-state index is 11.4. The largest absolute Gasteiger partial charge is 0.478 e. The summed E-state index contributed by atoms with van der Waals surface area (Å²) in [6.07, 6.45) is -1.27. The van der Waals surface area contributed by atoms with E-state index in [1.807, 2.05) is 12.1 Å². The molecule has 3 aromatic rings. The molecule has 0 saturated heterocycles. The number of hydrogen-bond acceptors (Lipinski definition) is 4. The Morgan fingerprint density at radius 1 is 1.10 bits per heavy atom. The Hall–Kier alpha value is -2.82. The maximum Gasteiger partial charge on any atom is 0.354 e. The van der Waals surface area contributed by atoms with Crippen molar-refractivity contribution >= 4 is 17.1 Å². The molecule has 100 valence electrons.